The highest BCUT2D eigenvalue weighted by Crippen LogP contribution is 2.28. The van der Waals surface area contributed by atoms with Gasteiger partial charge in [0.25, 0.3) is 16.0 Å². The predicted molar refractivity (Wildman–Crippen MR) is 326 cm³/mol. The minimum Gasteiger partial charge on any atom is -0.508 e. The number of phenolic OH excluding ortho intramolecular Hbond substituents is 1. The third-order valence-electron chi connectivity index (χ3n) is 15.5. The first-order valence-electron chi connectivity index (χ1n) is 29.5. The van der Waals surface area contributed by atoms with Crippen LogP contribution < -0.4 is 42.8 Å². The van der Waals surface area contributed by atoms with E-state index in [1.54, 1.807) is 50.2 Å². The average Bonchev–Trinajstić information content (AvgIpc) is 4.22. The number of rotatable bonds is 15. The molecule has 460 valence electrons. The summed E-state index contributed by atoms with van der Waals surface area (Å²) in [5.41, 5.74) is 18.2. The third kappa shape index (κ3) is 17.9. The number of nitrogens with two attached hydrogens (primary N) is 2. The van der Waals surface area contributed by atoms with Gasteiger partial charge < -0.3 is 57.7 Å². The molecule has 5 aromatic rings. The van der Waals surface area contributed by atoms with Gasteiger partial charge in [0.15, 0.2) is 0 Å². The Labute approximate surface area is 503 Å². The molecule has 0 aromatic heterocycles. The second kappa shape index (κ2) is 30.8. The summed E-state index contributed by atoms with van der Waals surface area (Å²) in [5, 5.41) is 24.3. The van der Waals surface area contributed by atoms with E-state index < -0.39 is 99.7 Å². The van der Waals surface area contributed by atoms with Crippen LogP contribution in [0, 0.1) is 12.8 Å². The number of hydrogen-bond donors (Lipinski definition) is 9. The number of benzene rings is 5. The molecule has 0 spiro atoms. The Kier molecular flexibility index (Phi) is 23.4. The molecule has 11 N–H and O–H groups in total. The summed E-state index contributed by atoms with van der Waals surface area (Å²) < 4.78 is 35.3. The molecule has 22 heteroatoms. The van der Waals surface area contributed by atoms with E-state index in [0.29, 0.717) is 37.9 Å². The second-order valence-electron chi connectivity index (χ2n) is 22.5. The van der Waals surface area contributed by atoms with Gasteiger partial charge in [0.2, 0.25) is 35.4 Å². The van der Waals surface area contributed by atoms with Gasteiger partial charge in [-0.25, -0.2) is 0 Å². The maximum Gasteiger partial charge on any atom is 0.294 e. The van der Waals surface area contributed by atoms with Gasteiger partial charge in [-0.3, -0.25) is 38.1 Å². The van der Waals surface area contributed by atoms with Gasteiger partial charge in [-0.15, -0.1) is 0 Å². The number of fused-ring (bicyclic) bond motifs is 2. The summed E-state index contributed by atoms with van der Waals surface area (Å²) in [4.78, 5) is 103. The van der Waals surface area contributed by atoms with Crippen LogP contribution in [-0.4, -0.2) is 144 Å². The van der Waals surface area contributed by atoms with Gasteiger partial charge in [0.05, 0.1) is 11.5 Å². The molecule has 0 aliphatic carbocycles. The van der Waals surface area contributed by atoms with E-state index >= 15 is 0 Å². The number of carbonyl (C=O) groups excluding carboxylic acids is 7. The van der Waals surface area contributed by atoms with E-state index in [4.69, 9.17) is 20.8 Å². The third-order valence-corrected chi connectivity index (χ3v) is 16.4. The van der Waals surface area contributed by atoms with Crippen molar-refractivity contribution in [2.45, 2.75) is 139 Å². The fourth-order valence-corrected chi connectivity index (χ4v) is 11.1. The van der Waals surface area contributed by atoms with E-state index in [1.807, 2.05) is 67.6 Å². The van der Waals surface area contributed by atoms with Crippen LogP contribution in [0.2, 0.25) is 0 Å². The van der Waals surface area contributed by atoms with Crippen molar-refractivity contribution in [2.24, 2.45) is 17.4 Å². The van der Waals surface area contributed by atoms with Crippen molar-refractivity contribution in [3.63, 3.8) is 0 Å². The number of phenols is 1. The minimum absolute atomic E-state index is 0.0573. The molecule has 5 aromatic carbocycles. The normalized spacial score (nSPS) is 21.8. The van der Waals surface area contributed by atoms with E-state index in [0.717, 1.165) is 45.6 Å². The monoisotopic (exact) mass is 1200 g/mol. The zero-order valence-corrected chi connectivity index (χ0v) is 50.0. The van der Waals surface area contributed by atoms with Crippen LogP contribution in [0.3, 0.4) is 0 Å². The van der Waals surface area contributed by atoms with Crippen molar-refractivity contribution in [1.82, 2.24) is 36.4 Å². The molecule has 0 radical (unpaired) electrons. The molecule has 8 rings (SSSR count). The Morgan fingerprint density at radius 3 is 1.91 bits per heavy atom. The topological polar surface area (TPSA) is 322 Å². The number of nitrogens with one attached hydrogen (secondary N) is 5. The van der Waals surface area contributed by atoms with E-state index in [2.05, 4.69) is 33.5 Å². The van der Waals surface area contributed by atoms with Gasteiger partial charge in [-0.05, 0) is 160 Å². The molecule has 86 heavy (non-hydrogen) atoms. The molecule has 3 aliphatic rings. The van der Waals surface area contributed by atoms with E-state index in [-0.39, 0.29) is 68.9 Å². The first kappa shape index (κ1) is 65.4. The second-order valence-corrected chi connectivity index (χ2v) is 23.9. The standard InChI is InChI=1S/C57H73N9O9.C7H8O3S/c1-4-32-75-44-26-22-40(23-27-44)38-16-14-37(15-17-38)39-18-20-41(21-19-39)51(68)61-45-9-6-30-60-54(71)49-33-42(59)34-66(49)56(73)47(8-5-29-58)63-52(69)46(28-13-36-11-24-43(67)25-12-36)62-55(72)48-10-7-31-65(48)57(74)50(35(2)3)64-53(45)70;1-6-2-4-7(5-3-6)11(8,9)10/h11-12,14-27,35,42,45-50,67H,4-10,13,28-34,58-59H2,1-3H3,(H,60,71)(H,61,68)(H,62,72)(H,63,69)(H,64,70);2-5H,1H3,(H,8,9,10)/t42-,45-,46-,47-,48-,49-,50-;/m0./s1. The number of aromatic hydroxyl groups is 1. The lowest BCUT2D eigenvalue weighted by molar-refractivity contribution is -0.143. The predicted octanol–water partition coefficient (Wildman–Crippen LogP) is 5.17. The number of carbonyl (C=O) groups is 7. The Balaban J connectivity index is 0.000000864. The van der Waals surface area contributed by atoms with Crippen molar-refractivity contribution in [3.8, 4) is 33.8 Å². The molecule has 3 aliphatic heterocycles. The summed E-state index contributed by atoms with van der Waals surface area (Å²) in [7, 11) is -4.02. The maximum absolute atomic E-state index is 14.6. The molecular formula is C64H81N9O12S. The highest BCUT2D eigenvalue weighted by Gasteiger charge is 2.43. The Hall–Kier alpha value is -8.18. The van der Waals surface area contributed by atoms with Crippen LogP contribution in [-0.2, 0) is 45.3 Å². The van der Waals surface area contributed by atoms with Crippen LogP contribution in [0.5, 0.6) is 11.5 Å². The number of hydrogen-bond acceptors (Lipinski definition) is 13. The molecule has 7 amide bonds. The van der Waals surface area contributed by atoms with E-state index in [1.165, 1.54) is 34.1 Å². The Bertz CT molecular complexity index is 3240. The SMILES string of the molecule is CCCOc1ccc(-c2ccc(-c3ccc(C(=O)N[C@H]4CCCNC(=O)[C@@H]5C[C@H](N)CN5C(=O)[C@H](CCCN)NC(=O)[C@H](CCc5ccc(O)cc5)NC(=O)[C@@H]5CCCN5C(=O)[C@H](C(C)C)NC4=O)cc3)cc2)cc1.Cc1ccc(S(=O)(=O)O)cc1. The number of amides is 7. The molecular weight excluding hydrogens is 1120 g/mol. The van der Waals surface area contributed by atoms with Crippen LogP contribution in [0.15, 0.2) is 126 Å². The van der Waals surface area contributed by atoms with Crippen molar-refractivity contribution in [2.75, 3.05) is 32.8 Å². The number of ether oxygens (including phenoxy) is 1. The molecule has 0 bridgehead atoms. The highest BCUT2D eigenvalue weighted by atomic mass is 32.2. The fourth-order valence-electron chi connectivity index (χ4n) is 10.7. The molecule has 7 atom stereocenters. The molecule has 0 unspecified atom stereocenters. The lowest BCUT2D eigenvalue weighted by Gasteiger charge is -2.32. The summed E-state index contributed by atoms with van der Waals surface area (Å²) >= 11 is 0. The molecule has 21 nitrogen and oxygen atoms in total. The van der Waals surface area contributed by atoms with Gasteiger partial charge in [-0.2, -0.15) is 8.42 Å². The Morgan fingerprint density at radius 1 is 0.709 bits per heavy atom. The molecule has 3 heterocycles. The summed E-state index contributed by atoms with van der Waals surface area (Å²) in [6.45, 7) is 8.69. The van der Waals surface area contributed by atoms with Crippen LogP contribution in [0.1, 0.15) is 100 Å². The largest absolute Gasteiger partial charge is 0.508 e. The minimum atomic E-state index is -4.02. The lowest BCUT2D eigenvalue weighted by Crippen LogP contribution is -2.60. The van der Waals surface area contributed by atoms with Crippen LogP contribution in [0.25, 0.3) is 22.3 Å². The molecule has 0 saturated carbocycles. The zero-order chi connectivity index (χ0) is 62.1. The van der Waals surface area contributed by atoms with Gasteiger partial charge in [0.1, 0.15) is 47.8 Å². The van der Waals surface area contributed by atoms with Gasteiger partial charge >= 0.3 is 0 Å². The van der Waals surface area contributed by atoms with Crippen molar-refractivity contribution >= 4 is 51.5 Å². The smallest absolute Gasteiger partial charge is 0.294 e. The average molecular weight is 1200 g/mol. The summed E-state index contributed by atoms with van der Waals surface area (Å²) in [6, 6.07) is 28.5. The van der Waals surface area contributed by atoms with Crippen molar-refractivity contribution in [3.05, 3.63) is 138 Å². The first-order valence-corrected chi connectivity index (χ1v) is 30.9. The van der Waals surface area contributed by atoms with Crippen LogP contribution >= 0.6 is 0 Å². The highest BCUT2D eigenvalue weighted by molar-refractivity contribution is 7.85. The number of nitrogens with zero attached hydrogens (tertiary/aromatic N) is 2. The summed E-state index contributed by atoms with van der Waals surface area (Å²) in [5.74, 6) is -3.40. The number of aryl methyl sites for hydroxylation is 2. The molecule has 3 fully saturated rings. The Morgan fingerprint density at radius 2 is 1.31 bits per heavy atom. The van der Waals surface area contributed by atoms with Crippen LogP contribution in [0.4, 0.5) is 0 Å². The molecule has 3 saturated heterocycles. The quantitative estimate of drug-likeness (QED) is 0.0612. The maximum atomic E-state index is 14.6. The first-order chi connectivity index (χ1) is 41.1. The lowest BCUT2D eigenvalue weighted by atomic mass is 9.99. The van der Waals surface area contributed by atoms with Gasteiger partial charge in [0, 0.05) is 31.2 Å². The fraction of sp³-hybridized carbons (Fsp3) is 0.422. The van der Waals surface area contributed by atoms with E-state index in [9.17, 15) is 47.1 Å². The summed E-state index contributed by atoms with van der Waals surface area (Å²) in [6.07, 6.45) is 3.09. The van der Waals surface area contributed by atoms with Crippen molar-refractivity contribution < 1.29 is 56.4 Å². The van der Waals surface area contributed by atoms with Crippen molar-refractivity contribution in [1.29, 1.82) is 0 Å². The zero-order valence-electron chi connectivity index (χ0n) is 49.2. The van der Waals surface area contributed by atoms with Gasteiger partial charge in [-0.1, -0.05) is 99.1 Å².